The first-order chi connectivity index (χ1) is 11.2. The van der Waals surface area contributed by atoms with Gasteiger partial charge < -0.3 is 5.32 Å². The maximum Gasteiger partial charge on any atom is 0.259 e. The Balaban J connectivity index is 1.66. The maximum absolute atomic E-state index is 12.8. The highest BCUT2D eigenvalue weighted by Gasteiger charge is 2.36. The van der Waals surface area contributed by atoms with Crippen molar-refractivity contribution in [2.75, 3.05) is 4.90 Å². The van der Waals surface area contributed by atoms with Crippen molar-refractivity contribution in [2.24, 2.45) is 0 Å². The van der Waals surface area contributed by atoms with Crippen LogP contribution in [0.15, 0.2) is 36.4 Å². The number of amides is 2. The van der Waals surface area contributed by atoms with Gasteiger partial charge in [0.1, 0.15) is 6.04 Å². The molecule has 1 N–H and O–H groups in total. The summed E-state index contributed by atoms with van der Waals surface area (Å²) in [4.78, 5) is 27.0. The molecule has 2 aromatic rings. The highest BCUT2D eigenvalue weighted by molar-refractivity contribution is 6.26. The Hall–Kier alpha value is -2.36. The highest BCUT2D eigenvalue weighted by atomic mass is 16.2. The normalized spacial score (nSPS) is 18.7. The van der Waals surface area contributed by atoms with Crippen molar-refractivity contribution in [3.8, 4) is 0 Å². The van der Waals surface area contributed by atoms with Gasteiger partial charge in [-0.05, 0) is 37.3 Å². The fourth-order valence-corrected chi connectivity index (χ4v) is 3.83. The van der Waals surface area contributed by atoms with Gasteiger partial charge >= 0.3 is 0 Å². The molecule has 2 amide bonds. The second-order valence-corrected chi connectivity index (χ2v) is 6.52. The lowest BCUT2D eigenvalue weighted by atomic mass is 10.1. The van der Waals surface area contributed by atoms with Crippen molar-refractivity contribution < 1.29 is 9.59 Å². The monoisotopic (exact) mass is 308 g/mol. The molecular weight excluding hydrogens is 288 g/mol. The van der Waals surface area contributed by atoms with E-state index in [9.17, 15) is 9.59 Å². The molecular formula is C19H20N2O2. The molecule has 4 nitrogen and oxygen atoms in total. The van der Waals surface area contributed by atoms with E-state index < -0.39 is 6.04 Å². The summed E-state index contributed by atoms with van der Waals surface area (Å²) in [6.07, 6.45) is 4.43. The zero-order chi connectivity index (χ0) is 16.0. The van der Waals surface area contributed by atoms with Crippen LogP contribution >= 0.6 is 0 Å². The van der Waals surface area contributed by atoms with Gasteiger partial charge in [-0.2, -0.15) is 0 Å². The van der Waals surface area contributed by atoms with Gasteiger partial charge in [-0.15, -0.1) is 0 Å². The summed E-state index contributed by atoms with van der Waals surface area (Å²) in [6, 6.07) is 11.4. The molecule has 0 unspecified atom stereocenters. The molecule has 1 heterocycles. The average molecular weight is 308 g/mol. The highest BCUT2D eigenvalue weighted by Crippen LogP contribution is 2.38. The van der Waals surface area contributed by atoms with Crippen LogP contribution in [0.3, 0.4) is 0 Å². The topological polar surface area (TPSA) is 49.4 Å². The van der Waals surface area contributed by atoms with Crippen LogP contribution in [-0.2, 0) is 4.79 Å². The molecule has 0 saturated heterocycles. The third-order valence-electron chi connectivity index (χ3n) is 5.06. The Morgan fingerprint density at radius 2 is 1.87 bits per heavy atom. The van der Waals surface area contributed by atoms with Gasteiger partial charge in [0.2, 0.25) is 5.91 Å². The largest absolute Gasteiger partial charge is 0.352 e. The van der Waals surface area contributed by atoms with Gasteiger partial charge in [0.25, 0.3) is 5.91 Å². The summed E-state index contributed by atoms with van der Waals surface area (Å²) in [7, 11) is 0. The summed E-state index contributed by atoms with van der Waals surface area (Å²) in [5, 5.41) is 5.10. The third-order valence-corrected chi connectivity index (χ3v) is 5.06. The number of hydrogen-bond acceptors (Lipinski definition) is 2. The Morgan fingerprint density at radius 1 is 1.17 bits per heavy atom. The molecule has 23 heavy (non-hydrogen) atoms. The Bertz CT molecular complexity index is 788. The number of nitrogens with zero attached hydrogens (tertiary/aromatic N) is 1. The Labute approximate surface area is 135 Å². The van der Waals surface area contributed by atoms with Crippen LogP contribution in [-0.4, -0.2) is 23.9 Å². The van der Waals surface area contributed by atoms with E-state index in [2.05, 4.69) is 5.32 Å². The standard InChI is InChI=1S/C19H20N2O2/c1-12(18(22)20-14-8-2-3-9-14)21-16-11-5-7-13-6-4-10-15(17(13)16)19(21)23/h4-7,10-12,14H,2-3,8-9H2,1H3,(H,20,22)/t12-/m0/s1. The summed E-state index contributed by atoms with van der Waals surface area (Å²) in [6.45, 7) is 1.81. The van der Waals surface area contributed by atoms with Crippen molar-refractivity contribution in [3.05, 3.63) is 42.0 Å². The third kappa shape index (κ3) is 2.21. The van der Waals surface area contributed by atoms with Crippen LogP contribution in [0.4, 0.5) is 5.69 Å². The van der Waals surface area contributed by atoms with E-state index >= 15 is 0 Å². The lowest BCUT2D eigenvalue weighted by Crippen LogP contribution is -2.49. The number of benzene rings is 2. The number of hydrogen-bond donors (Lipinski definition) is 1. The van der Waals surface area contributed by atoms with Gasteiger partial charge in [-0.3, -0.25) is 14.5 Å². The van der Waals surface area contributed by atoms with Crippen LogP contribution in [0.2, 0.25) is 0 Å². The Morgan fingerprint density at radius 3 is 2.61 bits per heavy atom. The second-order valence-electron chi connectivity index (χ2n) is 6.52. The number of carbonyl (C=O) groups is 2. The van der Waals surface area contributed by atoms with E-state index in [1.807, 2.05) is 43.3 Å². The van der Waals surface area contributed by atoms with Crippen LogP contribution in [0.1, 0.15) is 43.0 Å². The molecule has 2 aromatic carbocycles. The second kappa shape index (κ2) is 5.37. The molecule has 1 atom stereocenters. The molecule has 0 radical (unpaired) electrons. The quantitative estimate of drug-likeness (QED) is 0.946. The summed E-state index contributed by atoms with van der Waals surface area (Å²) >= 11 is 0. The van der Waals surface area contributed by atoms with Crippen molar-refractivity contribution in [1.82, 2.24) is 5.32 Å². The van der Waals surface area contributed by atoms with Crippen LogP contribution in [0.25, 0.3) is 10.8 Å². The van der Waals surface area contributed by atoms with E-state index in [0.717, 1.165) is 29.3 Å². The minimum atomic E-state index is -0.499. The summed E-state index contributed by atoms with van der Waals surface area (Å²) in [5.74, 6) is -0.138. The number of nitrogens with one attached hydrogen (secondary N) is 1. The predicted molar refractivity (Wildman–Crippen MR) is 90.6 cm³/mol. The minimum absolute atomic E-state index is 0.0601. The van der Waals surface area contributed by atoms with Crippen LogP contribution < -0.4 is 10.2 Å². The number of rotatable bonds is 3. The van der Waals surface area contributed by atoms with Crippen molar-refractivity contribution >= 4 is 28.3 Å². The molecule has 1 aliphatic heterocycles. The lowest BCUT2D eigenvalue weighted by molar-refractivity contribution is -0.122. The number of anilines is 1. The SMILES string of the molecule is C[C@@H](C(=O)NC1CCCC1)N1C(=O)c2cccc3cccc1c23. The van der Waals surface area contributed by atoms with Gasteiger partial charge in [0, 0.05) is 17.0 Å². The van der Waals surface area contributed by atoms with Crippen molar-refractivity contribution in [3.63, 3.8) is 0 Å². The fourth-order valence-electron chi connectivity index (χ4n) is 3.83. The number of carbonyl (C=O) groups excluding carboxylic acids is 2. The molecule has 0 bridgehead atoms. The van der Waals surface area contributed by atoms with Gasteiger partial charge in [-0.1, -0.05) is 37.1 Å². The zero-order valence-electron chi connectivity index (χ0n) is 13.2. The molecule has 1 fully saturated rings. The average Bonchev–Trinajstić information content (AvgIpc) is 3.16. The van der Waals surface area contributed by atoms with E-state index in [0.29, 0.717) is 5.56 Å². The first kappa shape index (κ1) is 14.2. The van der Waals surface area contributed by atoms with E-state index in [4.69, 9.17) is 0 Å². The molecule has 0 spiro atoms. The molecule has 118 valence electrons. The molecule has 4 rings (SSSR count). The summed E-state index contributed by atoms with van der Waals surface area (Å²) in [5.41, 5.74) is 1.54. The van der Waals surface area contributed by atoms with Crippen LogP contribution in [0, 0.1) is 0 Å². The molecule has 1 saturated carbocycles. The lowest BCUT2D eigenvalue weighted by Gasteiger charge is -2.26. The molecule has 4 heteroatoms. The maximum atomic E-state index is 12.8. The molecule has 2 aliphatic rings. The van der Waals surface area contributed by atoms with E-state index in [1.54, 1.807) is 4.90 Å². The van der Waals surface area contributed by atoms with Crippen molar-refractivity contribution in [1.29, 1.82) is 0 Å². The van der Waals surface area contributed by atoms with E-state index in [-0.39, 0.29) is 17.9 Å². The first-order valence-corrected chi connectivity index (χ1v) is 8.32. The zero-order valence-corrected chi connectivity index (χ0v) is 13.2. The Kier molecular flexibility index (Phi) is 3.33. The predicted octanol–water partition coefficient (Wildman–Crippen LogP) is 3.25. The van der Waals surface area contributed by atoms with Gasteiger partial charge in [0.05, 0.1) is 5.69 Å². The van der Waals surface area contributed by atoms with Crippen molar-refractivity contribution in [2.45, 2.75) is 44.7 Å². The smallest absolute Gasteiger partial charge is 0.259 e. The van der Waals surface area contributed by atoms with Gasteiger partial charge in [0.15, 0.2) is 0 Å². The minimum Gasteiger partial charge on any atom is -0.352 e. The molecule has 1 aliphatic carbocycles. The fraction of sp³-hybridized carbons (Fsp3) is 0.368. The van der Waals surface area contributed by atoms with E-state index in [1.165, 1.54) is 12.8 Å². The van der Waals surface area contributed by atoms with Gasteiger partial charge in [-0.25, -0.2) is 0 Å². The molecule has 0 aromatic heterocycles. The van der Waals surface area contributed by atoms with Crippen LogP contribution in [0.5, 0.6) is 0 Å². The summed E-state index contributed by atoms with van der Waals surface area (Å²) < 4.78 is 0. The first-order valence-electron chi connectivity index (χ1n) is 8.32.